The number of carbonyl (C=O) groups is 1. The third-order valence-corrected chi connectivity index (χ3v) is 6.36. The highest BCUT2D eigenvalue weighted by atomic mass is 32.2. The van der Waals surface area contributed by atoms with Gasteiger partial charge in [0.15, 0.2) is 0 Å². The Morgan fingerprint density at radius 3 is 2.17 bits per heavy atom. The molecule has 1 aliphatic rings. The van der Waals surface area contributed by atoms with E-state index in [1.165, 1.54) is 12.1 Å². The Morgan fingerprint density at radius 2 is 1.69 bits per heavy atom. The zero-order valence-electron chi connectivity index (χ0n) is 16.3. The first kappa shape index (κ1) is 23.5. The van der Waals surface area contributed by atoms with E-state index in [2.05, 4.69) is 5.32 Å². The summed E-state index contributed by atoms with van der Waals surface area (Å²) in [5, 5.41) is 12.1. The molecule has 0 spiro atoms. The van der Waals surface area contributed by atoms with Crippen LogP contribution in [0.5, 0.6) is 0 Å². The number of halogens is 3. The van der Waals surface area contributed by atoms with Crippen molar-refractivity contribution in [3.63, 3.8) is 0 Å². The first-order chi connectivity index (χ1) is 13.3. The second kappa shape index (κ2) is 8.91. The summed E-state index contributed by atoms with van der Waals surface area (Å²) in [6, 6.07) is 4.66. The van der Waals surface area contributed by atoms with Gasteiger partial charge in [0, 0.05) is 11.7 Å². The molecule has 0 heterocycles. The lowest BCUT2D eigenvalue weighted by Gasteiger charge is -2.32. The van der Waals surface area contributed by atoms with Gasteiger partial charge in [-0.2, -0.15) is 13.2 Å². The van der Waals surface area contributed by atoms with E-state index >= 15 is 0 Å². The first-order valence-electron chi connectivity index (χ1n) is 9.31. The van der Waals surface area contributed by atoms with Crippen LogP contribution in [-0.2, 0) is 19.4 Å². The predicted octanol–water partition coefficient (Wildman–Crippen LogP) is 4.22. The van der Waals surface area contributed by atoms with Gasteiger partial charge in [-0.3, -0.25) is 4.79 Å². The maximum absolute atomic E-state index is 12.6. The van der Waals surface area contributed by atoms with E-state index in [0.717, 1.165) is 37.8 Å². The Labute approximate surface area is 168 Å². The summed E-state index contributed by atoms with van der Waals surface area (Å²) in [4.78, 5) is 10.1. The number of anilines is 1. The molecule has 2 N–H and O–H groups in total. The lowest BCUT2D eigenvalue weighted by Crippen LogP contribution is -2.32. The molecule has 0 radical (unpaired) electrons. The molecule has 6 nitrogen and oxygen atoms in total. The molecule has 1 aliphatic carbocycles. The van der Waals surface area contributed by atoms with E-state index in [-0.39, 0.29) is 18.6 Å². The van der Waals surface area contributed by atoms with Crippen molar-refractivity contribution in [2.75, 3.05) is 11.9 Å². The minimum absolute atomic E-state index is 0.0317. The van der Waals surface area contributed by atoms with E-state index in [1.54, 1.807) is 0 Å². The zero-order valence-corrected chi connectivity index (χ0v) is 17.1. The summed E-state index contributed by atoms with van der Waals surface area (Å²) in [5.41, 5.74) is -5.21. The number of hydrogen-bond acceptors (Lipinski definition) is 5. The van der Waals surface area contributed by atoms with Crippen LogP contribution in [0.25, 0.3) is 0 Å². The molecule has 1 aromatic carbocycles. The maximum Gasteiger partial charge on any atom is 0.501 e. The number of alkyl halides is 3. The number of benzene rings is 1. The average molecular weight is 437 g/mol. The van der Waals surface area contributed by atoms with E-state index in [4.69, 9.17) is 9.84 Å². The molecule has 0 unspecified atom stereocenters. The van der Waals surface area contributed by atoms with Gasteiger partial charge in [-0.05, 0) is 55.4 Å². The van der Waals surface area contributed by atoms with E-state index in [0.29, 0.717) is 12.3 Å². The molecule has 1 fully saturated rings. The highest BCUT2D eigenvalue weighted by Crippen LogP contribution is 2.31. The third-order valence-electron chi connectivity index (χ3n) is 4.85. The van der Waals surface area contributed by atoms with Crippen LogP contribution in [0.3, 0.4) is 0 Å². The van der Waals surface area contributed by atoms with Crippen molar-refractivity contribution in [1.82, 2.24) is 0 Å². The van der Waals surface area contributed by atoms with Gasteiger partial charge in [0.1, 0.15) is 0 Å². The summed E-state index contributed by atoms with van der Waals surface area (Å²) < 4.78 is 66.4. The summed E-state index contributed by atoms with van der Waals surface area (Å²) in [6.45, 7) is 4.05. The Bertz CT molecular complexity index is 798. The number of carboxylic acid groups (broad SMARTS) is 1. The lowest BCUT2D eigenvalue weighted by molar-refractivity contribution is -0.140. The standard InChI is InChI=1S/C19H26F3NO5S/c1-18(2,11-17(24)25)12-28-15-7-3-13(4-8-15)23-14-5-9-16(10-6-14)29(26,27)19(20,21)22/h5-6,9-10,13,15,23H,3-4,7-8,11-12H2,1-2H3,(H,24,25). The molecule has 10 heteroatoms. The van der Waals surface area contributed by atoms with Gasteiger partial charge in [-0.15, -0.1) is 0 Å². The van der Waals surface area contributed by atoms with Crippen molar-refractivity contribution < 1.29 is 36.2 Å². The van der Waals surface area contributed by atoms with Crippen LogP contribution in [0.15, 0.2) is 29.2 Å². The quantitative estimate of drug-likeness (QED) is 0.633. The SMILES string of the molecule is CC(C)(COC1CCC(Nc2ccc(S(=O)(=O)C(F)(F)F)cc2)CC1)CC(=O)O. The topological polar surface area (TPSA) is 92.7 Å². The normalized spacial score (nSPS) is 21.0. The monoisotopic (exact) mass is 437 g/mol. The zero-order chi connectivity index (χ0) is 21.9. The summed E-state index contributed by atoms with van der Waals surface area (Å²) in [5.74, 6) is -0.861. The van der Waals surface area contributed by atoms with Crippen LogP contribution in [0, 0.1) is 5.41 Å². The molecular formula is C19H26F3NO5S. The van der Waals surface area contributed by atoms with Crippen molar-refractivity contribution in [3.8, 4) is 0 Å². The number of ether oxygens (including phenoxy) is 1. The minimum atomic E-state index is -5.34. The first-order valence-corrected chi connectivity index (χ1v) is 10.8. The van der Waals surface area contributed by atoms with E-state index < -0.39 is 31.6 Å². The third kappa shape index (κ3) is 6.60. The summed E-state index contributed by atoms with van der Waals surface area (Å²) in [6.07, 6.45) is 3.20. The Kier molecular flexibility index (Phi) is 7.21. The van der Waals surface area contributed by atoms with Crippen LogP contribution in [0.1, 0.15) is 46.0 Å². The molecular weight excluding hydrogens is 411 g/mol. The van der Waals surface area contributed by atoms with Crippen molar-refractivity contribution in [3.05, 3.63) is 24.3 Å². The van der Waals surface area contributed by atoms with E-state index in [1.807, 2.05) is 13.8 Å². The molecule has 2 rings (SSSR count). The molecule has 1 aromatic rings. The van der Waals surface area contributed by atoms with Crippen LogP contribution in [0.4, 0.5) is 18.9 Å². The molecule has 164 valence electrons. The van der Waals surface area contributed by atoms with Crippen molar-refractivity contribution in [2.24, 2.45) is 5.41 Å². The average Bonchev–Trinajstić information content (AvgIpc) is 2.60. The van der Waals surface area contributed by atoms with Crippen LogP contribution >= 0.6 is 0 Å². The molecule has 0 amide bonds. The highest BCUT2D eigenvalue weighted by Gasteiger charge is 2.46. The van der Waals surface area contributed by atoms with Gasteiger partial charge in [0.25, 0.3) is 9.84 Å². The largest absolute Gasteiger partial charge is 0.501 e. The number of sulfone groups is 1. The molecule has 0 bridgehead atoms. The fourth-order valence-corrected chi connectivity index (χ4v) is 4.04. The van der Waals surface area contributed by atoms with E-state index in [9.17, 15) is 26.4 Å². The maximum atomic E-state index is 12.6. The van der Waals surface area contributed by atoms with Gasteiger partial charge >= 0.3 is 11.5 Å². The van der Waals surface area contributed by atoms with Crippen LogP contribution < -0.4 is 5.32 Å². The highest BCUT2D eigenvalue weighted by molar-refractivity contribution is 7.92. The fourth-order valence-electron chi connectivity index (χ4n) is 3.28. The van der Waals surface area contributed by atoms with Crippen LogP contribution in [0.2, 0.25) is 0 Å². The van der Waals surface area contributed by atoms with Gasteiger partial charge in [0.2, 0.25) is 0 Å². The van der Waals surface area contributed by atoms with Crippen molar-refractivity contribution in [1.29, 1.82) is 0 Å². The predicted molar refractivity (Wildman–Crippen MR) is 101 cm³/mol. The summed E-state index contributed by atoms with van der Waals surface area (Å²) >= 11 is 0. The number of rotatable bonds is 8. The number of aliphatic carboxylic acids is 1. The van der Waals surface area contributed by atoms with Crippen LogP contribution in [-0.4, -0.2) is 43.8 Å². The molecule has 0 aromatic heterocycles. The lowest BCUT2D eigenvalue weighted by atomic mass is 9.89. The second-order valence-corrected chi connectivity index (χ2v) is 10.1. The minimum Gasteiger partial charge on any atom is -0.481 e. The Hall–Kier alpha value is -1.81. The molecule has 0 atom stereocenters. The number of carboxylic acids is 1. The molecule has 1 saturated carbocycles. The summed E-state index contributed by atoms with van der Waals surface area (Å²) in [7, 11) is -5.34. The van der Waals surface area contributed by atoms with Crippen molar-refractivity contribution in [2.45, 2.75) is 68.5 Å². The second-order valence-electron chi connectivity index (χ2n) is 8.14. The van der Waals surface area contributed by atoms with Gasteiger partial charge in [0.05, 0.1) is 24.0 Å². The number of nitrogens with one attached hydrogen (secondary N) is 1. The Balaban J connectivity index is 1.83. The fraction of sp³-hybridized carbons (Fsp3) is 0.632. The molecule has 0 saturated heterocycles. The van der Waals surface area contributed by atoms with Gasteiger partial charge in [-0.1, -0.05) is 13.8 Å². The van der Waals surface area contributed by atoms with Crippen molar-refractivity contribution >= 4 is 21.5 Å². The molecule has 0 aliphatic heterocycles. The number of hydrogen-bond donors (Lipinski definition) is 2. The Morgan fingerprint density at radius 1 is 1.14 bits per heavy atom. The molecule has 29 heavy (non-hydrogen) atoms. The van der Waals surface area contributed by atoms with Gasteiger partial charge < -0.3 is 15.2 Å². The van der Waals surface area contributed by atoms with Gasteiger partial charge in [-0.25, -0.2) is 8.42 Å². The smallest absolute Gasteiger partial charge is 0.481 e.